The first-order chi connectivity index (χ1) is 48.4. The Hall–Kier alpha value is -10.6. The van der Waals surface area contributed by atoms with E-state index in [1.165, 1.54) is 6.07 Å². The molecule has 2 atom stereocenters. The van der Waals surface area contributed by atoms with E-state index in [4.69, 9.17) is 28.8 Å². The number of rotatable bonds is 18. The Morgan fingerprint density at radius 2 is 1.05 bits per heavy atom. The third kappa shape index (κ3) is 22.5. The molecule has 1 aliphatic rings. The standard InChI is InChI=1S/C34H30ClF3N4O.2C24H25N3O2/c1-41-14-16-42(17-15-41)22-28-9-5-24(18-31(28)34(36,37)38)19-32(43)26-6-2-23(3-7-26)4-8-27-20-29(21-40-33(27)39)25-10-12-30(35)13-11-25;1-27(2)16-22(28)11-12-23(29)19-8-5-17(6-9-19)3-4-18-7-10-20-14-24(25)26-15-21(20)13-18;1-27(2)16-20(28)13-14-23(29)18-10-7-17(8-11-18)9-12-19-15-26-24(25)22-6-4-3-5-21(19)22/h2-3,5-7,9-13,18,20-21H,14-17,19,22H2,1H3,(H2,39,40);5-10,13-15,22,28H,11-12,16H2,1-2H3,(H2,25,26);3-8,10-11,15,20,28H,13-14,16H2,1-2H3,(H2,25,26). The molecule has 7 aromatic carbocycles. The number of Topliss-reactive ketones (excluding diaryl/α,β-unsaturated/α-hetero) is 3. The maximum Gasteiger partial charge on any atom is 0.416 e. The van der Waals surface area contributed by atoms with Gasteiger partial charge in [0.1, 0.15) is 17.5 Å². The second kappa shape index (κ2) is 35.5. The lowest BCUT2D eigenvalue weighted by Gasteiger charge is -2.33. The molecule has 3 aromatic heterocycles. The van der Waals surface area contributed by atoms with E-state index in [0.717, 1.165) is 74.1 Å². The molecule has 0 bridgehead atoms. The number of aliphatic hydroxyl groups excluding tert-OH is 2. The highest BCUT2D eigenvalue weighted by Gasteiger charge is 2.34. The van der Waals surface area contributed by atoms with Crippen LogP contribution in [0.25, 0.3) is 32.7 Å². The second-order valence-electron chi connectivity index (χ2n) is 25.3. The van der Waals surface area contributed by atoms with Gasteiger partial charge in [-0.05, 0) is 149 Å². The summed E-state index contributed by atoms with van der Waals surface area (Å²) in [6.07, 6.45) is 1.03. The van der Waals surface area contributed by atoms with Crippen LogP contribution in [-0.2, 0) is 19.1 Å². The van der Waals surface area contributed by atoms with Crippen molar-refractivity contribution in [1.29, 1.82) is 0 Å². The van der Waals surface area contributed by atoms with Gasteiger partial charge in [0.15, 0.2) is 17.3 Å². The van der Waals surface area contributed by atoms with Gasteiger partial charge >= 0.3 is 6.18 Å². The zero-order valence-corrected chi connectivity index (χ0v) is 57.8. The molecule has 1 fully saturated rings. The first-order valence-electron chi connectivity index (χ1n) is 32.9. The Morgan fingerprint density at radius 1 is 0.535 bits per heavy atom. The van der Waals surface area contributed by atoms with Gasteiger partial charge in [0, 0.05) is 149 Å². The van der Waals surface area contributed by atoms with Gasteiger partial charge in [-0.1, -0.05) is 138 Å². The Kier molecular flexibility index (Phi) is 26.2. The van der Waals surface area contributed by atoms with Gasteiger partial charge in [0.05, 0.1) is 28.9 Å². The first-order valence-corrected chi connectivity index (χ1v) is 33.3. The summed E-state index contributed by atoms with van der Waals surface area (Å²) in [6, 6.07) is 50.1. The van der Waals surface area contributed by atoms with E-state index < -0.39 is 23.9 Å². The Balaban J connectivity index is 0.000000182. The number of hydrogen-bond acceptors (Lipinski definition) is 15. The third-order valence-electron chi connectivity index (χ3n) is 16.7. The SMILES string of the molecule is CN(C)CC(O)CCC(=O)c1ccc(C#Cc2ccc3cc(N)ncc3c2)cc1.CN(C)CC(O)CCC(=O)c1ccc(C#Cc2cnc(N)c3ccccc23)cc1.CN1CCN(Cc2ccc(CC(=O)c3ccc(C#Cc4cc(-c5ccc(Cl)cc5)cnc4N)cc3)cc2C(F)(F)F)CC1. The zero-order valence-electron chi connectivity index (χ0n) is 57.0. The summed E-state index contributed by atoms with van der Waals surface area (Å²) in [5.74, 6) is 19.7. The van der Waals surface area contributed by atoms with Crippen molar-refractivity contribution in [3.8, 4) is 46.6 Å². The van der Waals surface area contributed by atoms with Gasteiger partial charge < -0.3 is 42.1 Å². The number of ketones is 3. The van der Waals surface area contributed by atoms with Gasteiger partial charge in [-0.25, -0.2) is 15.0 Å². The number of pyridine rings is 3. The molecule has 101 heavy (non-hydrogen) atoms. The molecular formula is C82H80ClF3N10O5. The van der Waals surface area contributed by atoms with E-state index >= 15 is 0 Å². The summed E-state index contributed by atoms with van der Waals surface area (Å²) in [4.78, 5) is 58.2. The van der Waals surface area contributed by atoms with Crippen molar-refractivity contribution in [3.05, 3.63) is 260 Å². The molecule has 1 saturated heterocycles. The fourth-order valence-electron chi connectivity index (χ4n) is 11.1. The summed E-state index contributed by atoms with van der Waals surface area (Å²) < 4.78 is 41.9. The summed E-state index contributed by atoms with van der Waals surface area (Å²) in [5, 5.41) is 24.3. The van der Waals surface area contributed by atoms with E-state index in [2.05, 4.69) is 55.4 Å². The summed E-state index contributed by atoms with van der Waals surface area (Å²) in [7, 11) is 9.59. The van der Waals surface area contributed by atoms with Crippen molar-refractivity contribution in [1.82, 2.24) is 34.6 Å². The van der Waals surface area contributed by atoms with Crippen molar-refractivity contribution in [2.75, 3.05) is 91.7 Å². The lowest BCUT2D eigenvalue weighted by atomic mass is 9.97. The van der Waals surface area contributed by atoms with Crippen LogP contribution in [0.2, 0.25) is 5.02 Å². The predicted molar refractivity (Wildman–Crippen MR) is 397 cm³/mol. The fraction of sp³-hybridized carbons (Fsp3) is 0.244. The minimum atomic E-state index is -4.51. The average Bonchev–Trinajstić information content (AvgIpc) is 0.820. The molecule has 10 aromatic rings. The van der Waals surface area contributed by atoms with Crippen molar-refractivity contribution >= 4 is 67.9 Å². The predicted octanol–water partition coefficient (Wildman–Crippen LogP) is 12.8. The highest BCUT2D eigenvalue weighted by atomic mass is 35.5. The van der Waals surface area contributed by atoms with Crippen LogP contribution < -0.4 is 17.2 Å². The monoisotopic (exact) mass is 1380 g/mol. The minimum absolute atomic E-state index is 0.0241. The highest BCUT2D eigenvalue weighted by Crippen LogP contribution is 2.34. The highest BCUT2D eigenvalue weighted by molar-refractivity contribution is 6.30. The quantitative estimate of drug-likeness (QED) is 0.0398. The van der Waals surface area contributed by atoms with Crippen LogP contribution >= 0.6 is 11.6 Å². The van der Waals surface area contributed by atoms with Crippen LogP contribution in [0.5, 0.6) is 0 Å². The Bertz CT molecular complexity index is 4740. The van der Waals surface area contributed by atoms with E-state index in [-0.39, 0.29) is 35.9 Å². The molecule has 0 saturated carbocycles. The van der Waals surface area contributed by atoms with Crippen LogP contribution in [0.15, 0.2) is 188 Å². The molecular weight excluding hydrogens is 1300 g/mol. The number of likely N-dealkylation sites (N-methyl/N-ethyl adjacent to an activating group) is 3. The number of alkyl halides is 3. The van der Waals surface area contributed by atoms with Crippen molar-refractivity contribution in [2.24, 2.45) is 0 Å². The number of nitrogen functional groups attached to an aromatic ring is 3. The summed E-state index contributed by atoms with van der Waals surface area (Å²) in [6.45, 7) is 4.41. The molecule has 19 heteroatoms. The lowest BCUT2D eigenvalue weighted by Crippen LogP contribution is -2.44. The molecule has 11 rings (SSSR count). The van der Waals surface area contributed by atoms with Crippen molar-refractivity contribution < 1.29 is 37.8 Å². The number of halogens is 4. The van der Waals surface area contributed by atoms with Crippen LogP contribution in [0, 0.1) is 35.5 Å². The van der Waals surface area contributed by atoms with Crippen molar-refractivity contribution in [2.45, 2.75) is 57.0 Å². The van der Waals surface area contributed by atoms with E-state index in [0.29, 0.717) is 108 Å². The number of carbonyl (C=O) groups is 3. The van der Waals surface area contributed by atoms with Crippen LogP contribution in [0.3, 0.4) is 0 Å². The number of aliphatic hydroxyl groups is 2. The smallest absolute Gasteiger partial charge is 0.392 e. The number of anilines is 3. The van der Waals surface area contributed by atoms with E-state index in [9.17, 15) is 37.8 Å². The van der Waals surface area contributed by atoms with Gasteiger partial charge in [-0.15, -0.1) is 0 Å². The minimum Gasteiger partial charge on any atom is -0.392 e. The molecule has 0 spiro atoms. The zero-order chi connectivity index (χ0) is 72.2. The first kappa shape index (κ1) is 74.7. The number of aromatic nitrogens is 3. The maximum atomic E-state index is 14.0. The molecule has 15 nitrogen and oxygen atoms in total. The second-order valence-corrected chi connectivity index (χ2v) is 25.8. The average molecular weight is 1380 g/mol. The number of nitrogens with two attached hydrogens (primary N) is 3. The number of fused-ring (bicyclic) bond motifs is 2. The molecule has 2 unspecified atom stereocenters. The number of benzene rings is 7. The van der Waals surface area contributed by atoms with Crippen LogP contribution in [0.1, 0.15) is 107 Å². The number of nitrogens with zero attached hydrogens (tertiary/aromatic N) is 7. The van der Waals surface area contributed by atoms with Crippen LogP contribution in [-0.4, -0.2) is 149 Å². The normalized spacial score (nSPS) is 12.9. The van der Waals surface area contributed by atoms with Gasteiger partial charge in [0.2, 0.25) is 0 Å². The lowest BCUT2D eigenvalue weighted by molar-refractivity contribution is -0.138. The van der Waals surface area contributed by atoms with Crippen molar-refractivity contribution in [3.63, 3.8) is 0 Å². The van der Waals surface area contributed by atoms with Gasteiger partial charge in [0.25, 0.3) is 0 Å². The molecule has 8 N–H and O–H groups in total. The molecule has 516 valence electrons. The topological polar surface area (TPSA) is 221 Å². The number of carbonyl (C=O) groups excluding carboxylic acids is 3. The fourth-order valence-corrected chi connectivity index (χ4v) is 11.3. The van der Waals surface area contributed by atoms with Gasteiger partial charge in [-0.3, -0.25) is 19.3 Å². The Morgan fingerprint density at radius 3 is 1.61 bits per heavy atom. The Labute approximate surface area is 592 Å². The third-order valence-corrected chi connectivity index (χ3v) is 17.0. The molecule has 0 radical (unpaired) electrons. The van der Waals surface area contributed by atoms with Crippen LogP contribution in [0.4, 0.5) is 30.6 Å². The number of hydrogen-bond donors (Lipinski definition) is 5. The van der Waals surface area contributed by atoms with Gasteiger partial charge in [-0.2, -0.15) is 13.2 Å². The van der Waals surface area contributed by atoms with E-state index in [1.807, 2.05) is 141 Å². The largest absolute Gasteiger partial charge is 0.416 e. The molecule has 4 heterocycles. The summed E-state index contributed by atoms with van der Waals surface area (Å²) >= 11 is 5.98. The number of piperazine rings is 1. The molecule has 0 aliphatic carbocycles. The maximum absolute atomic E-state index is 14.0. The molecule has 0 amide bonds. The van der Waals surface area contributed by atoms with E-state index in [1.54, 1.807) is 85.3 Å². The molecule has 1 aliphatic heterocycles. The summed E-state index contributed by atoms with van der Waals surface area (Å²) in [5.41, 5.74) is 25.5.